The summed E-state index contributed by atoms with van der Waals surface area (Å²) in [6, 6.07) is 12.5. The molecule has 0 radical (unpaired) electrons. The second-order valence-corrected chi connectivity index (χ2v) is 5.40. The number of nitrogens with one attached hydrogen (secondary N) is 1. The van der Waals surface area contributed by atoms with Crippen molar-refractivity contribution in [1.82, 2.24) is 15.0 Å². The number of nitrogens with zero attached hydrogens (tertiary/aromatic N) is 3. The van der Waals surface area contributed by atoms with Crippen LogP contribution in [0, 0.1) is 0 Å². The highest BCUT2D eigenvalue weighted by Crippen LogP contribution is 2.36. The number of ether oxygens (including phenoxy) is 2. The lowest BCUT2D eigenvalue weighted by molar-refractivity contribution is 0.102. The molecule has 8 heteroatoms. The molecule has 1 heterocycles. The quantitative estimate of drug-likeness (QED) is 0.757. The maximum Gasteiger partial charge on any atom is 0.277 e. The number of anilines is 1. The fourth-order valence-corrected chi connectivity index (χ4v) is 2.43. The van der Waals surface area contributed by atoms with Crippen LogP contribution in [0.15, 0.2) is 48.7 Å². The van der Waals surface area contributed by atoms with Gasteiger partial charge in [-0.2, -0.15) is 9.90 Å². The highest BCUT2D eigenvalue weighted by Gasteiger charge is 2.16. The number of amides is 1. The first-order chi connectivity index (χ1) is 12.1. The summed E-state index contributed by atoms with van der Waals surface area (Å²) in [5.41, 5.74) is 1.34. The van der Waals surface area contributed by atoms with Gasteiger partial charge in [0.1, 0.15) is 11.5 Å². The van der Waals surface area contributed by atoms with Crippen LogP contribution in [0.3, 0.4) is 0 Å². The molecule has 0 atom stereocenters. The summed E-state index contributed by atoms with van der Waals surface area (Å²) in [7, 11) is 2.98. The van der Waals surface area contributed by atoms with Crippen LogP contribution in [0.4, 0.5) is 5.69 Å². The van der Waals surface area contributed by atoms with E-state index < -0.39 is 5.91 Å². The maximum atomic E-state index is 12.5. The zero-order chi connectivity index (χ0) is 17.8. The van der Waals surface area contributed by atoms with E-state index in [0.29, 0.717) is 22.2 Å². The van der Waals surface area contributed by atoms with Gasteiger partial charge in [0.05, 0.1) is 36.8 Å². The maximum absolute atomic E-state index is 12.5. The Bertz CT molecular complexity index is 896. The minimum absolute atomic E-state index is 0.167. The highest BCUT2D eigenvalue weighted by molar-refractivity contribution is 6.32. The van der Waals surface area contributed by atoms with E-state index in [-0.39, 0.29) is 5.69 Å². The van der Waals surface area contributed by atoms with Crippen molar-refractivity contribution in [3.63, 3.8) is 0 Å². The second kappa shape index (κ2) is 7.23. The van der Waals surface area contributed by atoms with Crippen molar-refractivity contribution < 1.29 is 14.3 Å². The molecule has 2 aromatic carbocycles. The van der Waals surface area contributed by atoms with E-state index in [1.54, 1.807) is 12.1 Å². The van der Waals surface area contributed by atoms with Gasteiger partial charge in [0.2, 0.25) is 0 Å². The number of methoxy groups -OCH3 is 2. The molecule has 0 unspecified atom stereocenters. The van der Waals surface area contributed by atoms with E-state index in [2.05, 4.69) is 15.5 Å². The largest absolute Gasteiger partial charge is 0.495 e. The van der Waals surface area contributed by atoms with Gasteiger partial charge in [0, 0.05) is 12.1 Å². The number of benzene rings is 2. The lowest BCUT2D eigenvalue weighted by Gasteiger charge is -2.12. The number of carbonyl (C=O) groups excluding carboxylic acids is 1. The van der Waals surface area contributed by atoms with Crippen LogP contribution in [0.5, 0.6) is 11.5 Å². The monoisotopic (exact) mass is 358 g/mol. The minimum atomic E-state index is -0.426. The summed E-state index contributed by atoms with van der Waals surface area (Å²) >= 11 is 6.06. The van der Waals surface area contributed by atoms with Gasteiger partial charge in [-0.15, -0.1) is 5.10 Å². The van der Waals surface area contributed by atoms with Crippen molar-refractivity contribution in [2.75, 3.05) is 19.5 Å². The van der Waals surface area contributed by atoms with Gasteiger partial charge in [-0.3, -0.25) is 4.79 Å². The Morgan fingerprint density at radius 2 is 1.84 bits per heavy atom. The van der Waals surface area contributed by atoms with Crippen LogP contribution in [-0.2, 0) is 0 Å². The summed E-state index contributed by atoms with van der Waals surface area (Å²) in [4.78, 5) is 13.8. The average Bonchev–Trinajstić information content (AvgIpc) is 3.13. The molecule has 1 amide bonds. The molecule has 128 valence electrons. The Kier molecular flexibility index (Phi) is 4.85. The van der Waals surface area contributed by atoms with Gasteiger partial charge in [-0.1, -0.05) is 29.8 Å². The number of carbonyl (C=O) groups is 1. The third-order valence-corrected chi connectivity index (χ3v) is 3.73. The second-order valence-electron chi connectivity index (χ2n) is 5.00. The van der Waals surface area contributed by atoms with Gasteiger partial charge in [0.25, 0.3) is 5.91 Å². The Balaban J connectivity index is 1.85. The predicted octanol–water partition coefficient (Wildman–Crippen LogP) is 3.19. The van der Waals surface area contributed by atoms with E-state index in [1.165, 1.54) is 25.2 Å². The van der Waals surface area contributed by atoms with Gasteiger partial charge in [0.15, 0.2) is 5.69 Å². The fourth-order valence-electron chi connectivity index (χ4n) is 2.20. The van der Waals surface area contributed by atoms with Crippen LogP contribution in [0.2, 0.25) is 5.02 Å². The molecule has 3 aromatic rings. The number of hydrogen-bond donors (Lipinski definition) is 1. The third-order valence-electron chi connectivity index (χ3n) is 3.43. The number of aromatic nitrogens is 3. The molecular weight excluding hydrogens is 344 g/mol. The van der Waals surface area contributed by atoms with Gasteiger partial charge < -0.3 is 14.8 Å². The number of hydrogen-bond acceptors (Lipinski definition) is 5. The van der Waals surface area contributed by atoms with Gasteiger partial charge in [-0.25, -0.2) is 0 Å². The standard InChI is InChI=1S/C17H15ClN4O3/c1-24-15-9-13(16(25-2)8-12(15)18)20-17(23)14-10-19-22(21-14)11-6-4-3-5-7-11/h3-10H,1-2H3,(H,20,23). The van der Waals surface area contributed by atoms with Gasteiger partial charge in [-0.05, 0) is 12.1 Å². The van der Waals surface area contributed by atoms with Gasteiger partial charge >= 0.3 is 0 Å². The minimum Gasteiger partial charge on any atom is -0.495 e. The molecule has 0 bridgehead atoms. The Hall–Kier alpha value is -3.06. The SMILES string of the molecule is COc1cc(NC(=O)c2cnn(-c3ccccc3)n2)c(OC)cc1Cl. The molecule has 0 aliphatic heterocycles. The lowest BCUT2D eigenvalue weighted by Crippen LogP contribution is -2.14. The summed E-state index contributed by atoms with van der Waals surface area (Å²) in [5, 5.41) is 11.4. The predicted molar refractivity (Wildman–Crippen MR) is 93.9 cm³/mol. The fraction of sp³-hybridized carbons (Fsp3) is 0.118. The molecule has 0 spiro atoms. The first kappa shape index (κ1) is 16.8. The molecule has 1 aromatic heterocycles. The molecule has 0 saturated carbocycles. The highest BCUT2D eigenvalue weighted by atomic mass is 35.5. The first-order valence-electron chi connectivity index (χ1n) is 7.33. The first-order valence-corrected chi connectivity index (χ1v) is 7.71. The lowest BCUT2D eigenvalue weighted by atomic mass is 10.2. The van der Waals surface area contributed by atoms with Crippen LogP contribution < -0.4 is 14.8 Å². The summed E-state index contributed by atoms with van der Waals surface area (Å²) < 4.78 is 10.4. The van der Waals surface area contributed by atoms with E-state index in [9.17, 15) is 4.79 Å². The number of para-hydroxylation sites is 1. The summed E-state index contributed by atoms with van der Waals surface area (Å²) in [6.45, 7) is 0. The molecule has 25 heavy (non-hydrogen) atoms. The van der Waals surface area contributed by atoms with Crippen molar-refractivity contribution in [3.05, 3.63) is 59.4 Å². The zero-order valence-electron chi connectivity index (χ0n) is 13.6. The third kappa shape index (κ3) is 3.56. The molecule has 3 rings (SSSR count). The summed E-state index contributed by atoms with van der Waals surface area (Å²) in [5.74, 6) is 0.408. The van der Waals surface area contributed by atoms with Crippen LogP contribution in [0.1, 0.15) is 10.5 Å². The van der Waals surface area contributed by atoms with Crippen molar-refractivity contribution >= 4 is 23.2 Å². The molecule has 0 aliphatic carbocycles. The Labute approximate surface area is 149 Å². The van der Waals surface area contributed by atoms with E-state index in [4.69, 9.17) is 21.1 Å². The van der Waals surface area contributed by atoms with E-state index >= 15 is 0 Å². The number of halogens is 1. The molecule has 0 aliphatic rings. The average molecular weight is 359 g/mol. The van der Waals surface area contributed by atoms with Crippen LogP contribution >= 0.6 is 11.6 Å². The van der Waals surface area contributed by atoms with Crippen molar-refractivity contribution in [2.45, 2.75) is 0 Å². The topological polar surface area (TPSA) is 78.3 Å². The Morgan fingerprint density at radius 1 is 1.12 bits per heavy atom. The zero-order valence-corrected chi connectivity index (χ0v) is 14.3. The Morgan fingerprint density at radius 3 is 2.52 bits per heavy atom. The van der Waals surface area contributed by atoms with E-state index in [1.807, 2.05) is 30.3 Å². The van der Waals surface area contributed by atoms with Crippen molar-refractivity contribution in [2.24, 2.45) is 0 Å². The van der Waals surface area contributed by atoms with E-state index in [0.717, 1.165) is 5.69 Å². The number of rotatable bonds is 5. The smallest absolute Gasteiger partial charge is 0.277 e. The molecule has 1 N–H and O–H groups in total. The van der Waals surface area contributed by atoms with Crippen molar-refractivity contribution in [3.8, 4) is 17.2 Å². The molecule has 0 saturated heterocycles. The molecular formula is C17H15ClN4O3. The van der Waals surface area contributed by atoms with Crippen molar-refractivity contribution in [1.29, 1.82) is 0 Å². The normalized spacial score (nSPS) is 10.4. The molecule has 0 fully saturated rings. The van der Waals surface area contributed by atoms with Crippen LogP contribution in [-0.4, -0.2) is 35.1 Å². The van der Waals surface area contributed by atoms with Crippen LogP contribution in [0.25, 0.3) is 5.69 Å². The summed E-state index contributed by atoms with van der Waals surface area (Å²) in [6.07, 6.45) is 1.39. The molecule has 7 nitrogen and oxygen atoms in total.